The highest BCUT2D eigenvalue weighted by Crippen LogP contribution is 2.27. The number of benzene rings is 1. The maximum absolute atomic E-state index is 12.0. The Kier molecular flexibility index (Phi) is 6.09. The summed E-state index contributed by atoms with van der Waals surface area (Å²) in [6.45, 7) is 4.88. The van der Waals surface area contributed by atoms with Crippen molar-refractivity contribution in [3.05, 3.63) is 39.8 Å². The van der Waals surface area contributed by atoms with E-state index in [-0.39, 0.29) is 5.91 Å². The predicted octanol–water partition coefficient (Wildman–Crippen LogP) is 4.81. The third-order valence-electron chi connectivity index (χ3n) is 3.69. The Morgan fingerprint density at radius 2 is 2.20 bits per heavy atom. The number of aryl methyl sites for hydroxylation is 1. The number of unbranched alkanes of at least 4 members (excludes halogenated alkanes) is 2. The van der Waals surface area contributed by atoms with Crippen molar-refractivity contribution in [1.82, 2.24) is 15.3 Å². The summed E-state index contributed by atoms with van der Waals surface area (Å²) in [6, 6.07) is 5.95. The zero-order chi connectivity index (χ0) is 17.6. The van der Waals surface area contributed by atoms with Crippen molar-refractivity contribution >= 4 is 40.1 Å². The number of thiazole rings is 1. The van der Waals surface area contributed by atoms with Crippen LogP contribution in [0.25, 0.3) is 11.1 Å². The number of hydrogen-bond donors (Lipinski definition) is 1. The minimum absolute atomic E-state index is 0.0964. The molecule has 0 saturated heterocycles. The van der Waals surface area contributed by atoms with Crippen LogP contribution in [-0.4, -0.2) is 22.4 Å². The monoisotopic (exact) mass is 375 g/mol. The first kappa shape index (κ1) is 17.9. The third kappa shape index (κ3) is 4.83. The fourth-order valence-corrected chi connectivity index (χ4v) is 3.98. The van der Waals surface area contributed by atoms with Crippen LogP contribution in [0.3, 0.4) is 0 Å². The molecule has 0 aliphatic rings. The Hall–Kier alpha value is -1.86. The molecule has 0 spiro atoms. The molecule has 0 unspecified atom stereocenters. The first-order valence-corrected chi connectivity index (χ1v) is 10.2. The molecule has 2 aromatic heterocycles. The molecule has 1 amide bonds. The van der Waals surface area contributed by atoms with E-state index in [1.165, 1.54) is 23.1 Å². The molecular weight excluding hydrogens is 354 g/mol. The van der Waals surface area contributed by atoms with Crippen molar-refractivity contribution in [1.29, 1.82) is 0 Å². The van der Waals surface area contributed by atoms with Gasteiger partial charge in [-0.3, -0.25) is 4.79 Å². The largest absolute Gasteiger partial charge is 0.431 e. The first-order chi connectivity index (χ1) is 12.2. The number of thioether (sulfide) groups is 1. The molecule has 25 heavy (non-hydrogen) atoms. The van der Waals surface area contributed by atoms with Crippen LogP contribution in [0, 0.1) is 6.92 Å². The summed E-state index contributed by atoms with van der Waals surface area (Å²) >= 11 is 2.98. The Morgan fingerprint density at radius 1 is 1.32 bits per heavy atom. The average molecular weight is 376 g/mol. The average Bonchev–Trinajstić information content (AvgIpc) is 3.22. The van der Waals surface area contributed by atoms with Gasteiger partial charge in [-0.2, -0.15) is 0 Å². The standard InChI is InChI=1S/C18H21N3O2S2/c1-3-4-5-8-19-17(22)14-10-24-16(20-14)11-25-18-21-13-9-12(2)6-7-15(13)23-18/h6-7,9-10H,3-5,8,11H2,1-2H3,(H,19,22). The second-order valence-electron chi connectivity index (χ2n) is 5.83. The van der Waals surface area contributed by atoms with Gasteiger partial charge >= 0.3 is 0 Å². The van der Waals surface area contributed by atoms with Crippen LogP contribution in [0.1, 0.15) is 47.2 Å². The highest BCUT2D eigenvalue weighted by atomic mass is 32.2. The summed E-state index contributed by atoms with van der Waals surface area (Å²) in [6.07, 6.45) is 3.28. The van der Waals surface area contributed by atoms with Crippen LogP contribution in [0.5, 0.6) is 0 Å². The summed E-state index contributed by atoms with van der Waals surface area (Å²) in [7, 11) is 0. The lowest BCUT2D eigenvalue weighted by Gasteiger charge is -2.01. The predicted molar refractivity (Wildman–Crippen MR) is 102 cm³/mol. The number of amides is 1. The minimum Gasteiger partial charge on any atom is -0.431 e. The van der Waals surface area contributed by atoms with E-state index in [1.54, 1.807) is 5.38 Å². The molecule has 7 heteroatoms. The molecule has 1 N–H and O–H groups in total. The first-order valence-electron chi connectivity index (χ1n) is 8.38. The molecule has 3 aromatic rings. The number of aromatic nitrogens is 2. The highest BCUT2D eigenvalue weighted by molar-refractivity contribution is 7.98. The molecule has 132 valence electrons. The molecule has 0 saturated carbocycles. The van der Waals surface area contributed by atoms with Gasteiger partial charge in [-0.05, 0) is 31.0 Å². The molecule has 3 rings (SSSR count). The lowest BCUT2D eigenvalue weighted by atomic mass is 10.2. The summed E-state index contributed by atoms with van der Waals surface area (Å²) in [5.74, 6) is 0.542. The van der Waals surface area contributed by atoms with Gasteiger partial charge in [-0.25, -0.2) is 9.97 Å². The van der Waals surface area contributed by atoms with Gasteiger partial charge < -0.3 is 9.73 Å². The number of carbonyl (C=O) groups excluding carboxylic acids is 1. The van der Waals surface area contributed by atoms with Crippen molar-refractivity contribution in [3.63, 3.8) is 0 Å². The number of hydrogen-bond acceptors (Lipinski definition) is 6. The zero-order valence-corrected chi connectivity index (χ0v) is 16.0. The van der Waals surface area contributed by atoms with Gasteiger partial charge in [0, 0.05) is 11.9 Å². The quantitative estimate of drug-likeness (QED) is 0.452. The molecule has 0 aliphatic heterocycles. The van der Waals surface area contributed by atoms with Crippen LogP contribution in [-0.2, 0) is 5.75 Å². The zero-order valence-electron chi connectivity index (χ0n) is 14.4. The molecule has 0 bridgehead atoms. The van der Waals surface area contributed by atoms with Crippen LogP contribution < -0.4 is 5.32 Å². The van der Waals surface area contributed by atoms with Crippen molar-refractivity contribution in [2.24, 2.45) is 0 Å². The van der Waals surface area contributed by atoms with E-state index in [4.69, 9.17) is 4.42 Å². The second kappa shape index (κ2) is 8.49. The Labute approximate surface area is 155 Å². The van der Waals surface area contributed by atoms with E-state index >= 15 is 0 Å². The van der Waals surface area contributed by atoms with E-state index in [0.29, 0.717) is 23.2 Å². The number of oxazole rings is 1. The normalized spacial score (nSPS) is 11.1. The minimum atomic E-state index is -0.0964. The van der Waals surface area contributed by atoms with Gasteiger partial charge in [0.05, 0.1) is 5.75 Å². The third-order valence-corrected chi connectivity index (χ3v) is 5.56. The number of nitrogens with zero attached hydrogens (tertiary/aromatic N) is 2. The van der Waals surface area contributed by atoms with Crippen LogP contribution in [0.4, 0.5) is 0 Å². The van der Waals surface area contributed by atoms with E-state index in [9.17, 15) is 4.79 Å². The SMILES string of the molecule is CCCCCNC(=O)c1csc(CSc2nc3cc(C)ccc3o2)n1. The summed E-state index contributed by atoms with van der Waals surface area (Å²) in [5.41, 5.74) is 3.31. The molecule has 0 radical (unpaired) electrons. The molecule has 2 heterocycles. The van der Waals surface area contributed by atoms with Gasteiger partial charge in [0.15, 0.2) is 5.58 Å². The second-order valence-corrected chi connectivity index (χ2v) is 7.70. The van der Waals surface area contributed by atoms with Crippen molar-refractivity contribution in [3.8, 4) is 0 Å². The number of fused-ring (bicyclic) bond motifs is 1. The van der Waals surface area contributed by atoms with Gasteiger partial charge in [-0.1, -0.05) is 37.6 Å². The van der Waals surface area contributed by atoms with Gasteiger partial charge in [0.1, 0.15) is 16.2 Å². The van der Waals surface area contributed by atoms with E-state index < -0.39 is 0 Å². The fraction of sp³-hybridized carbons (Fsp3) is 0.389. The lowest BCUT2D eigenvalue weighted by molar-refractivity contribution is 0.0948. The smallest absolute Gasteiger partial charge is 0.270 e. The molecule has 5 nitrogen and oxygen atoms in total. The molecule has 0 atom stereocenters. The molecule has 0 aliphatic carbocycles. The Bertz CT molecular complexity index is 857. The maximum Gasteiger partial charge on any atom is 0.270 e. The van der Waals surface area contributed by atoms with E-state index in [0.717, 1.165) is 40.9 Å². The van der Waals surface area contributed by atoms with Gasteiger partial charge in [0.2, 0.25) is 0 Å². The van der Waals surface area contributed by atoms with Gasteiger partial charge in [-0.15, -0.1) is 11.3 Å². The summed E-state index contributed by atoms with van der Waals surface area (Å²) in [5, 5.41) is 6.23. The van der Waals surface area contributed by atoms with Crippen molar-refractivity contribution < 1.29 is 9.21 Å². The number of rotatable bonds is 8. The Balaban J connectivity index is 1.54. The molecular formula is C18H21N3O2S2. The Morgan fingerprint density at radius 3 is 3.04 bits per heavy atom. The molecule has 0 fully saturated rings. The molecule has 1 aromatic carbocycles. The van der Waals surface area contributed by atoms with Crippen LogP contribution in [0.15, 0.2) is 33.2 Å². The summed E-state index contributed by atoms with van der Waals surface area (Å²) in [4.78, 5) is 20.9. The van der Waals surface area contributed by atoms with Crippen LogP contribution in [0.2, 0.25) is 0 Å². The topological polar surface area (TPSA) is 68.0 Å². The summed E-state index contributed by atoms with van der Waals surface area (Å²) < 4.78 is 5.72. The van der Waals surface area contributed by atoms with Crippen molar-refractivity contribution in [2.75, 3.05) is 6.54 Å². The maximum atomic E-state index is 12.0. The van der Waals surface area contributed by atoms with E-state index in [2.05, 4.69) is 22.2 Å². The van der Waals surface area contributed by atoms with Crippen LogP contribution >= 0.6 is 23.1 Å². The highest BCUT2D eigenvalue weighted by Gasteiger charge is 2.12. The fourth-order valence-electron chi connectivity index (χ4n) is 2.35. The van der Waals surface area contributed by atoms with Crippen molar-refractivity contribution in [2.45, 2.75) is 44.1 Å². The van der Waals surface area contributed by atoms with E-state index in [1.807, 2.05) is 25.1 Å². The van der Waals surface area contributed by atoms with Gasteiger partial charge in [0.25, 0.3) is 11.1 Å². The number of carbonyl (C=O) groups is 1. The lowest BCUT2D eigenvalue weighted by Crippen LogP contribution is -2.24. The number of nitrogens with one attached hydrogen (secondary N) is 1.